The van der Waals surface area contributed by atoms with E-state index in [0.717, 1.165) is 4.31 Å². The predicted octanol–water partition coefficient (Wildman–Crippen LogP) is 1.03. The number of aliphatic hydroxyl groups excluding tert-OH is 1. The van der Waals surface area contributed by atoms with Gasteiger partial charge in [-0.3, -0.25) is 10.1 Å². The highest BCUT2D eigenvalue weighted by atomic mass is 32.2. The normalized spacial score (nSPS) is 11.9. The molecular formula is C12H19N3O5S. The minimum absolute atomic E-state index is 0.119. The summed E-state index contributed by atoms with van der Waals surface area (Å²) in [6, 6.07) is 3.63. The molecule has 0 aromatic heterocycles. The molecule has 0 aliphatic rings. The Balaban J connectivity index is 3.54. The summed E-state index contributed by atoms with van der Waals surface area (Å²) in [5.41, 5.74) is -0.377. The molecule has 0 bridgehead atoms. The van der Waals surface area contributed by atoms with Crippen molar-refractivity contribution in [2.24, 2.45) is 0 Å². The van der Waals surface area contributed by atoms with Crippen molar-refractivity contribution in [3.05, 3.63) is 28.3 Å². The molecule has 0 radical (unpaired) electrons. The first-order chi connectivity index (χ1) is 9.77. The molecule has 0 heterocycles. The SMILES string of the molecule is CNc1cccc(S(=O)(=O)N(CCO)C(C)C)c1[N+](=O)[O-]. The standard InChI is InChI=1S/C12H19N3O5S/c1-9(2)14(7-8-16)21(19,20)11-6-4-5-10(13-3)12(11)15(17)18/h4-6,9,13,16H,7-8H2,1-3H3. The second-order valence-electron chi connectivity index (χ2n) is 4.59. The zero-order chi connectivity index (χ0) is 16.2. The third-order valence-corrected chi connectivity index (χ3v) is 5.04. The van der Waals surface area contributed by atoms with Crippen LogP contribution in [-0.4, -0.2) is 49.0 Å². The number of benzene rings is 1. The second kappa shape index (κ2) is 6.83. The molecule has 0 saturated carbocycles. The highest BCUT2D eigenvalue weighted by Gasteiger charge is 2.34. The number of para-hydroxylation sites is 1. The van der Waals surface area contributed by atoms with Crippen LogP contribution >= 0.6 is 0 Å². The highest BCUT2D eigenvalue weighted by molar-refractivity contribution is 7.89. The van der Waals surface area contributed by atoms with Crippen molar-refractivity contribution >= 4 is 21.4 Å². The number of rotatable bonds is 7. The van der Waals surface area contributed by atoms with E-state index in [-0.39, 0.29) is 23.7 Å². The van der Waals surface area contributed by atoms with E-state index < -0.39 is 26.7 Å². The van der Waals surface area contributed by atoms with E-state index in [0.29, 0.717) is 0 Å². The fourth-order valence-electron chi connectivity index (χ4n) is 2.00. The van der Waals surface area contributed by atoms with Crippen LogP contribution in [0.25, 0.3) is 0 Å². The molecule has 0 saturated heterocycles. The predicted molar refractivity (Wildman–Crippen MR) is 78.8 cm³/mol. The van der Waals surface area contributed by atoms with Gasteiger partial charge < -0.3 is 10.4 Å². The van der Waals surface area contributed by atoms with Crippen molar-refractivity contribution in [1.29, 1.82) is 0 Å². The van der Waals surface area contributed by atoms with Gasteiger partial charge in [-0.1, -0.05) is 6.07 Å². The maximum atomic E-state index is 12.6. The molecule has 0 atom stereocenters. The van der Waals surface area contributed by atoms with Gasteiger partial charge in [-0.15, -0.1) is 0 Å². The molecule has 0 amide bonds. The third-order valence-electron chi connectivity index (χ3n) is 2.93. The summed E-state index contributed by atoms with van der Waals surface area (Å²) in [5, 5.41) is 22.9. The van der Waals surface area contributed by atoms with Gasteiger partial charge in [0.05, 0.1) is 11.5 Å². The molecule has 0 aliphatic heterocycles. The van der Waals surface area contributed by atoms with Gasteiger partial charge in [0.25, 0.3) is 0 Å². The average molecular weight is 317 g/mol. The summed E-state index contributed by atoms with van der Waals surface area (Å²) >= 11 is 0. The Morgan fingerprint density at radius 3 is 2.48 bits per heavy atom. The van der Waals surface area contributed by atoms with Gasteiger partial charge >= 0.3 is 5.69 Å². The van der Waals surface area contributed by atoms with E-state index >= 15 is 0 Å². The summed E-state index contributed by atoms with van der Waals surface area (Å²) in [5.74, 6) is 0. The smallest absolute Gasteiger partial charge is 0.312 e. The molecule has 118 valence electrons. The first-order valence-corrected chi connectivity index (χ1v) is 7.79. The Labute approximate surface area is 123 Å². The number of aliphatic hydroxyl groups is 1. The van der Waals surface area contributed by atoms with E-state index in [1.807, 2.05) is 0 Å². The summed E-state index contributed by atoms with van der Waals surface area (Å²) in [6.45, 7) is 2.79. The van der Waals surface area contributed by atoms with Gasteiger partial charge in [-0.2, -0.15) is 4.31 Å². The topological polar surface area (TPSA) is 113 Å². The molecule has 21 heavy (non-hydrogen) atoms. The largest absolute Gasteiger partial charge is 0.395 e. The summed E-state index contributed by atoms with van der Waals surface area (Å²) < 4.78 is 26.3. The Kier molecular flexibility index (Phi) is 5.64. The minimum Gasteiger partial charge on any atom is -0.395 e. The van der Waals surface area contributed by atoms with Gasteiger partial charge in [-0.25, -0.2) is 8.42 Å². The van der Waals surface area contributed by atoms with E-state index in [2.05, 4.69) is 5.32 Å². The molecule has 1 rings (SSSR count). The van der Waals surface area contributed by atoms with Crippen molar-refractivity contribution in [3.63, 3.8) is 0 Å². The Bertz CT molecular complexity index is 615. The van der Waals surface area contributed by atoms with Crippen molar-refractivity contribution in [3.8, 4) is 0 Å². The molecular weight excluding hydrogens is 298 g/mol. The summed E-state index contributed by atoms with van der Waals surface area (Å²) in [7, 11) is -2.60. The number of nitro groups is 1. The molecule has 8 nitrogen and oxygen atoms in total. The lowest BCUT2D eigenvalue weighted by molar-refractivity contribution is -0.386. The van der Waals surface area contributed by atoms with E-state index in [9.17, 15) is 18.5 Å². The molecule has 1 aromatic rings. The molecule has 0 spiro atoms. The van der Waals surface area contributed by atoms with Crippen molar-refractivity contribution in [1.82, 2.24) is 4.31 Å². The lowest BCUT2D eigenvalue weighted by Gasteiger charge is -2.25. The second-order valence-corrected chi connectivity index (χ2v) is 6.45. The van der Waals surface area contributed by atoms with Crippen LogP contribution in [0.5, 0.6) is 0 Å². The zero-order valence-electron chi connectivity index (χ0n) is 12.1. The first-order valence-electron chi connectivity index (χ1n) is 6.35. The van der Waals surface area contributed by atoms with Crippen molar-refractivity contribution in [2.45, 2.75) is 24.8 Å². The van der Waals surface area contributed by atoms with Crippen molar-refractivity contribution < 1.29 is 18.4 Å². The van der Waals surface area contributed by atoms with Crippen LogP contribution in [0.4, 0.5) is 11.4 Å². The maximum absolute atomic E-state index is 12.6. The number of nitro benzene ring substituents is 1. The summed E-state index contributed by atoms with van der Waals surface area (Å²) in [6.07, 6.45) is 0. The first kappa shape index (κ1) is 17.3. The third kappa shape index (κ3) is 3.49. The Hall–Kier alpha value is -1.71. The van der Waals surface area contributed by atoms with Crippen LogP contribution in [0.15, 0.2) is 23.1 Å². The molecule has 0 unspecified atom stereocenters. The molecule has 2 N–H and O–H groups in total. The Morgan fingerprint density at radius 2 is 2.05 bits per heavy atom. The summed E-state index contributed by atoms with van der Waals surface area (Å²) in [4.78, 5) is 10.1. The van der Waals surface area contributed by atoms with Gasteiger partial charge in [-0.05, 0) is 26.0 Å². The number of anilines is 1. The maximum Gasteiger partial charge on any atom is 0.312 e. The van der Waals surface area contributed by atoms with Crippen molar-refractivity contribution in [2.75, 3.05) is 25.5 Å². The van der Waals surface area contributed by atoms with E-state index in [1.54, 1.807) is 13.8 Å². The lowest BCUT2D eigenvalue weighted by atomic mass is 10.3. The number of hydrogen-bond acceptors (Lipinski definition) is 6. The fourth-order valence-corrected chi connectivity index (χ4v) is 3.81. The van der Waals surface area contributed by atoms with Gasteiger partial charge in [0, 0.05) is 19.6 Å². The van der Waals surface area contributed by atoms with Crippen LogP contribution in [0.3, 0.4) is 0 Å². The number of hydrogen-bond donors (Lipinski definition) is 2. The zero-order valence-corrected chi connectivity index (χ0v) is 12.9. The van der Waals surface area contributed by atoms with Gasteiger partial charge in [0.2, 0.25) is 10.0 Å². The Morgan fingerprint density at radius 1 is 1.43 bits per heavy atom. The molecule has 0 fully saturated rings. The monoisotopic (exact) mass is 317 g/mol. The molecule has 1 aromatic carbocycles. The molecule has 0 aliphatic carbocycles. The van der Waals surface area contributed by atoms with Gasteiger partial charge in [0.1, 0.15) is 5.69 Å². The molecule has 9 heteroatoms. The number of sulfonamides is 1. The van der Waals surface area contributed by atoms with Gasteiger partial charge in [0.15, 0.2) is 4.90 Å². The van der Waals surface area contributed by atoms with Crippen LogP contribution in [0.1, 0.15) is 13.8 Å². The lowest BCUT2D eigenvalue weighted by Crippen LogP contribution is -2.39. The average Bonchev–Trinajstić information content (AvgIpc) is 2.42. The van der Waals surface area contributed by atoms with Crippen LogP contribution in [0.2, 0.25) is 0 Å². The van der Waals surface area contributed by atoms with E-state index in [4.69, 9.17) is 5.11 Å². The minimum atomic E-state index is -4.08. The van der Waals surface area contributed by atoms with Crippen LogP contribution in [0, 0.1) is 10.1 Å². The van der Waals surface area contributed by atoms with Crippen LogP contribution in [-0.2, 0) is 10.0 Å². The number of nitrogens with one attached hydrogen (secondary N) is 1. The van der Waals surface area contributed by atoms with E-state index in [1.165, 1.54) is 25.2 Å². The van der Waals surface area contributed by atoms with Crippen LogP contribution < -0.4 is 5.32 Å². The quantitative estimate of drug-likeness (QED) is 0.573. The number of nitrogens with zero attached hydrogens (tertiary/aromatic N) is 2. The fraction of sp³-hybridized carbons (Fsp3) is 0.500. The highest BCUT2D eigenvalue weighted by Crippen LogP contribution is 2.33.